The van der Waals surface area contributed by atoms with E-state index < -0.39 is 0 Å². The summed E-state index contributed by atoms with van der Waals surface area (Å²) in [5.74, 6) is 1.74. The zero-order valence-corrected chi connectivity index (χ0v) is 15.6. The first-order chi connectivity index (χ1) is 8.45. The summed E-state index contributed by atoms with van der Waals surface area (Å²) in [5.41, 5.74) is 0. The second-order valence-electron chi connectivity index (χ2n) is 5.89. The lowest BCUT2D eigenvalue weighted by atomic mass is 10.2. The van der Waals surface area contributed by atoms with Gasteiger partial charge in [-0.15, -0.1) is 24.0 Å². The van der Waals surface area contributed by atoms with E-state index in [4.69, 9.17) is 0 Å². The highest BCUT2D eigenvalue weighted by molar-refractivity contribution is 14.0. The van der Waals surface area contributed by atoms with Crippen molar-refractivity contribution >= 4 is 29.9 Å². The van der Waals surface area contributed by atoms with Crippen molar-refractivity contribution in [3.63, 3.8) is 0 Å². The van der Waals surface area contributed by atoms with Crippen LogP contribution in [-0.4, -0.2) is 49.1 Å². The Morgan fingerprint density at radius 1 is 1.26 bits per heavy atom. The molecule has 0 aliphatic heterocycles. The predicted octanol–water partition coefficient (Wildman–Crippen LogP) is 2.30. The van der Waals surface area contributed by atoms with Crippen LogP contribution in [-0.2, 0) is 0 Å². The van der Waals surface area contributed by atoms with E-state index in [1.807, 2.05) is 7.05 Å². The molecule has 0 aromatic rings. The highest BCUT2D eigenvalue weighted by Gasteiger charge is 2.33. The van der Waals surface area contributed by atoms with E-state index in [0.717, 1.165) is 25.0 Å². The molecule has 19 heavy (non-hydrogen) atoms. The molecule has 114 valence electrons. The molecule has 2 atom stereocenters. The first kappa shape index (κ1) is 19.0. The average Bonchev–Trinajstić information content (AvgIpc) is 2.97. The SMILES string of the molecule is CN=C(NCCN(C(C)C)C(C)C)NC1CC1C.I. The molecule has 0 aromatic carbocycles. The number of aliphatic imine (C=N–C) groups is 1. The molecule has 1 aliphatic carbocycles. The zero-order chi connectivity index (χ0) is 13.7. The maximum atomic E-state index is 4.27. The number of hydrogen-bond acceptors (Lipinski definition) is 2. The molecule has 2 unspecified atom stereocenters. The zero-order valence-electron chi connectivity index (χ0n) is 13.2. The number of nitrogens with one attached hydrogen (secondary N) is 2. The van der Waals surface area contributed by atoms with Gasteiger partial charge in [-0.25, -0.2) is 0 Å². The summed E-state index contributed by atoms with van der Waals surface area (Å²) in [6.07, 6.45) is 1.27. The van der Waals surface area contributed by atoms with E-state index in [2.05, 4.69) is 55.1 Å². The molecule has 5 heteroatoms. The van der Waals surface area contributed by atoms with Crippen LogP contribution in [0.25, 0.3) is 0 Å². The fourth-order valence-electron chi connectivity index (χ4n) is 2.31. The molecule has 1 rings (SSSR count). The van der Waals surface area contributed by atoms with Crippen LogP contribution in [0.15, 0.2) is 4.99 Å². The number of hydrogen-bond donors (Lipinski definition) is 2. The summed E-state index contributed by atoms with van der Waals surface area (Å²) in [6.45, 7) is 13.3. The molecule has 0 bridgehead atoms. The molecular weight excluding hydrogens is 351 g/mol. The van der Waals surface area contributed by atoms with Crippen molar-refractivity contribution in [3.05, 3.63) is 0 Å². The predicted molar refractivity (Wildman–Crippen MR) is 94.5 cm³/mol. The lowest BCUT2D eigenvalue weighted by molar-refractivity contribution is 0.178. The minimum Gasteiger partial charge on any atom is -0.355 e. The van der Waals surface area contributed by atoms with E-state index in [9.17, 15) is 0 Å². The third kappa shape index (κ3) is 6.79. The second kappa shape index (κ2) is 9.00. The molecular formula is C14H31IN4. The number of guanidine groups is 1. The van der Waals surface area contributed by atoms with E-state index in [-0.39, 0.29) is 24.0 Å². The minimum absolute atomic E-state index is 0. The highest BCUT2D eigenvalue weighted by Crippen LogP contribution is 2.28. The van der Waals surface area contributed by atoms with Crippen molar-refractivity contribution in [2.24, 2.45) is 10.9 Å². The summed E-state index contributed by atoms with van der Waals surface area (Å²) in [5, 5.41) is 6.84. The third-order valence-electron chi connectivity index (χ3n) is 3.64. The molecule has 0 aromatic heterocycles. The van der Waals surface area contributed by atoms with Gasteiger partial charge in [0.25, 0.3) is 0 Å². The Hall–Kier alpha value is -0.0400. The summed E-state index contributed by atoms with van der Waals surface area (Å²) in [7, 11) is 1.84. The highest BCUT2D eigenvalue weighted by atomic mass is 127. The van der Waals surface area contributed by atoms with Crippen LogP contribution in [0.5, 0.6) is 0 Å². The van der Waals surface area contributed by atoms with Gasteiger partial charge in [0.05, 0.1) is 0 Å². The first-order valence-corrected chi connectivity index (χ1v) is 7.18. The van der Waals surface area contributed by atoms with E-state index in [1.165, 1.54) is 6.42 Å². The average molecular weight is 382 g/mol. The lowest BCUT2D eigenvalue weighted by Gasteiger charge is -2.30. The van der Waals surface area contributed by atoms with Gasteiger partial charge in [0.2, 0.25) is 0 Å². The van der Waals surface area contributed by atoms with Gasteiger partial charge in [0.1, 0.15) is 0 Å². The van der Waals surface area contributed by atoms with Crippen molar-refractivity contribution in [1.82, 2.24) is 15.5 Å². The largest absolute Gasteiger partial charge is 0.355 e. The maximum absolute atomic E-state index is 4.27. The minimum atomic E-state index is 0. The van der Waals surface area contributed by atoms with Crippen LogP contribution in [0, 0.1) is 5.92 Å². The smallest absolute Gasteiger partial charge is 0.191 e. The molecule has 0 heterocycles. The molecule has 0 saturated heterocycles. The Kier molecular flexibility index (Phi) is 8.98. The van der Waals surface area contributed by atoms with Crippen LogP contribution in [0.4, 0.5) is 0 Å². The van der Waals surface area contributed by atoms with Crippen molar-refractivity contribution < 1.29 is 0 Å². The molecule has 0 radical (unpaired) electrons. The van der Waals surface area contributed by atoms with Crippen molar-refractivity contribution in [2.45, 2.75) is 59.2 Å². The van der Waals surface area contributed by atoms with Gasteiger partial charge in [-0.05, 0) is 40.0 Å². The summed E-state index contributed by atoms with van der Waals surface area (Å²) in [6, 6.07) is 1.80. The molecule has 1 saturated carbocycles. The lowest BCUT2D eigenvalue weighted by Crippen LogP contribution is -2.45. The van der Waals surface area contributed by atoms with E-state index in [1.54, 1.807) is 0 Å². The van der Waals surface area contributed by atoms with Crippen molar-refractivity contribution in [2.75, 3.05) is 20.1 Å². The number of rotatable bonds is 6. The summed E-state index contributed by atoms with van der Waals surface area (Å²) < 4.78 is 0. The third-order valence-corrected chi connectivity index (χ3v) is 3.64. The Morgan fingerprint density at radius 3 is 2.16 bits per heavy atom. The van der Waals surface area contributed by atoms with Crippen LogP contribution in [0.3, 0.4) is 0 Å². The molecule has 0 spiro atoms. The fraction of sp³-hybridized carbons (Fsp3) is 0.929. The van der Waals surface area contributed by atoms with E-state index >= 15 is 0 Å². The fourth-order valence-corrected chi connectivity index (χ4v) is 2.31. The quantitative estimate of drug-likeness (QED) is 0.421. The first-order valence-electron chi connectivity index (χ1n) is 7.18. The van der Waals surface area contributed by atoms with E-state index in [0.29, 0.717) is 18.1 Å². The van der Waals surface area contributed by atoms with Gasteiger partial charge in [-0.1, -0.05) is 6.92 Å². The van der Waals surface area contributed by atoms with Crippen molar-refractivity contribution in [3.8, 4) is 0 Å². The normalized spacial score (nSPS) is 22.7. The topological polar surface area (TPSA) is 39.7 Å². The molecule has 1 aliphatic rings. The van der Waals surface area contributed by atoms with Gasteiger partial charge >= 0.3 is 0 Å². The Bertz CT molecular complexity index is 271. The van der Waals surface area contributed by atoms with Gasteiger partial charge in [0, 0.05) is 38.3 Å². The molecule has 2 N–H and O–H groups in total. The number of nitrogens with zero attached hydrogens (tertiary/aromatic N) is 2. The van der Waals surface area contributed by atoms with Gasteiger partial charge in [-0.3, -0.25) is 9.89 Å². The Balaban J connectivity index is 0.00000324. The van der Waals surface area contributed by atoms with Crippen LogP contribution in [0.2, 0.25) is 0 Å². The van der Waals surface area contributed by atoms with Gasteiger partial charge in [-0.2, -0.15) is 0 Å². The maximum Gasteiger partial charge on any atom is 0.191 e. The van der Waals surface area contributed by atoms with Gasteiger partial charge < -0.3 is 10.6 Å². The molecule has 1 fully saturated rings. The Morgan fingerprint density at radius 2 is 1.79 bits per heavy atom. The van der Waals surface area contributed by atoms with Crippen LogP contribution in [0.1, 0.15) is 41.0 Å². The monoisotopic (exact) mass is 382 g/mol. The Labute approximate surface area is 135 Å². The second-order valence-corrected chi connectivity index (χ2v) is 5.89. The molecule has 0 amide bonds. The summed E-state index contributed by atoms with van der Waals surface area (Å²) in [4.78, 5) is 6.75. The van der Waals surface area contributed by atoms with Gasteiger partial charge in [0.15, 0.2) is 5.96 Å². The van der Waals surface area contributed by atoms with Crippen LogP contribution >= 0.6 is 24.0 Å². The standard InChI is InChI=1S/C14H30N4.HI/c1-10(2)18(11(3)4)8-7-16-14(15-6)17-13-9-12(13)5;/h10-13H,7-9H2,1-6H3,(H2,15,16,17);1H. The van der Waals surface area contributed by atoms with Crippen molar-refractivity contribution in [1.29, 1.82) is 0 Å². The van der Waals surface area contributed by atoms with Crippen LogP contribution < -0.4 is 10.6 Å². The summed E-state index contributed by atoms with van der Waals surface area (Å²) >= 11 is 0. The number of halogens is 1. The molecule has 4 nitrogen and oxygen atoms in total.